The molecule has 0 spiro atoms. The van der Waals surface area contributed by atoms with Crippen molar-refractivity contribution in [2.75, 3.05) is 23.1 Å². The number of hydrogen-bond acceptors (Lipinski definition) is 2. The highest BCUT2D eigenvalue weighted by molar-refractivity contribution is 6.34. The summed E-state index contributed by atoms with van der Waals surface area (Å²) >= 11 is 11.7. The quantitative estimate of drug-likeness (QED) is 0.655. The molecule has 2 rings (SSSR count). The number of nitrogen functional groups attached to an aromatic ring is 1. The lowest BCUT2D eigenvalue weighted by atomic mass is 10.1. The summed E-state index contributed by atoms with van der Waals surface area (Å²) in [6.45, 7) is 0.618. The Kier molecular flexibility index (Phi) is 3.26. The van der Waals surface area contributed by atoms with E-state index in [2.05, 4.69) is 0 Å². The molecule has 2 N–H and O–H groups in total. The third-order valence-electron chi connectivity index (χ3n) is 2.74. The third-order valence-corrected chi connectivity index (χ3v) is 3.51. The van der Waals surface area contributed by atoms with Crippen LogP contribution in [0.25, 0.3) is 0 Å². The molecule has 0 aromatic heterocycles. The molecule has 0 bridgehead atoms. The maximum Gasteiger partial charge on any atom is 0.227 e. The van der Waals surface area contributed by atoms with Gasteiger partial charge in [0.25, 0.3) is 0 Å². The molecule has 0 radical (unpaired) electrons. The molecule has 1 aliphatic rings. The van der Waals surface area contributed by atoms with Crippen LogP contribution in [0.4, 0.5) is 11.4 Å². The molecule has 1 fully saturated rings. The van der Waals surface area contributed by atoms with E-state index < -0.39 is 0 Å². The normalized spacial score (nSPS) is 20.5. The Morgan fingerprint density at radius 2 is 2.25 bits per heavy atom. The van der Waals surface area contributed by atoms with E-state index in [0.717, 1.165) is 0 Å². The van der Waals surface area contributed by atoms with Gasteiger partial charge in [0.2, 0.25) is 5.91 Å². The minimum Gasteiger partial charge on any atom is -0.396 e. The minimum absolute atomic E-state index is 0.0552. The summed E-state index contributed by atoms with van der Waals surface area (Å²) in [5.41, 5.74) is 6.99. The Morgan fingerprint density at radius 1 is 1.50 bits per heavy atom. The number of carbonyl (C=O) groups excluding carboxylic acids is 1. The summed E-state index contributed by atoms with van der Waals surface area (Å²) in [5, 5.41) is 0.472. The van der Waals surface area contributed by atoms with Gasteiger partial charge in [0.05, 0.1) is 16.4 Å². The molecule has 3 nitrogen and oxygen atoms in total. The maximum atomic E-state index is 11.8. The molecular weight excluding hydrogens is 247 g/mol. The van der Waals surface area contributed by atoms with Crippen LogP contribution in [0.5, 0.6) is 0 Å². The van der Waals surface area contributed by atoms with Gasteiger partial charge in [-0.25, -0.2) is 0 Å². The average molecular weight is 259 g/mol. The van der Waals surface area contributed by atoms with Crippen LogP contribution in [-0.4, -0.2) is 18.3 Å². The van der Waals surface area contributed by atoms with Crippen molar-refractivity contribution in [3.8, 4) is 0 Å². The number of halogens is 2. The number of rotatable bonds is 2. The standard InChI is InChI=1S/C11H12Cl2N2O/c12-5-7-4-10(16)15(6-7)9-3-1-2-8(13)11(9)14/h1-3,7H,4-6,14H2. The number of anilines is 2. The molecule has 0 saturated carbocycles. The van der Waals surface area contributed by atoms with Crippen LogP contribution in [0, 0.1) is 5.92 Å². The second-order valence-electron chi connectivity index (χ2n) is 3.90. The molecule has 5 heteroatoms. The van der Waals surface area contributed by atoms with Gasteiger partial charge in [0, 0.05) is 18.8 Å². The predicted octanol–water partition coefficient (Wildman–Crippen LogP) is 2.51. The molecule has 1 amide bonds. The Balaban J connectivity index is 2.31. The van der Waals surface area contributed by atoms with E-state index in [1.807, 2.05) is 0 Å². The van der Waals surface area contributed by atoms with E-state index in [0.29, 0.717) is 35.2 Å². The van der Waals surface area contributed by atoms with Gasteiger partial charge in [0.15, 0.2) is 0 Å². The largest absolute Gasteiger partial charge is 0.396 e. The van der Waals surface area contributed by atoms with Gasteiger partial charge in [-0.05, 0) is 18.1 Å². The Bertz CT molecular complexity index is 422. The second-order valence-corrected chi connectivity index (χ2v) is 4.62. The van der Waals surface area contributed by atoms with Gasteiger partial charge in [-0.2, -0.15) is 0 Å². The minimum atomic E-state index is 0.0552. The SMILES string of the molecule is Nc1c(Cl)cccc1N1CC(CCl)CC1=O. The van der Waals surface area contributed by atoms with Crippen molar-refractivity contribution in [2.24, 2.45) is 5.92 Å². The van der Waals surface area contributed by atoms with Crippen LogP contribution in [0.3, 0.4) is 0 Å². The fraction of sp³-hybridized carbons (Fsp3) is 0.364. The fourth-order valence-corrected chi connectivity index (χ4v) is 2.26. The van der Waals surface area contributed by atoms with E-state index in [1.165, 1.54) is 0 Å². The zero-order valence-corrected chi connectivity index (χ0v) is 10.1. The highest BCUT2D eigenvalue weighted by Crippen LogP contribution is 2.34. The van der Waals surface area contributed by atoms with Crippen LogP contribution in [0.2, 0.25) is 5.02 Å². The number of hydrogen-bond donors (Lipinski definition) is 1. The average Bonchev–Trinajstić information content (AvgIpc) is 2.64. The van der Waals surface area contributed by atoms with Crippen molar-refractivity contribution < 1.29 is 4.79 Å². The lowest BCUT2D eigenvalue weighted by Gasteiger charge is -2.19. The first kappa shape index (κ1) is 11.6. The molecule has 1 heterocycles. The molecule has 1 saturated heterocycles. The summed E-state index contributed by atoms with van der Waals surface area (Å²) in [6, 6.07) is 5.30. The van der Waals surface area contributed by atoms with E-state index >= 15 is 0 Å². The number of carbonyl (C=O) groups is 1. The molecule has 1 aliphatic heterocycles. The van der Waals surface area contributed by atoms with Crippen LogP contribution >= 0.6 is 23.2 Å². The van der Waals surface area contributed by atoms with Crippen LogP contribution in [0.15, 0.2) is 18.2 Å². The van der Waals surface area contributed by atoms with E-state index in [1.54, 1.807) is 23.1 Å². The summed E-state index contributed by atoms with van der Waals surface area (Å²) in [6.07, 6.45) is 0.482. The van der Waals surface area contributed by atoms with E-state index in [-0.39, 0.29) is 11.8 Å². The number of nitrogens with two attached hydrogens (primary N) is 1. The first-order valence-corrected chi connectivity index (χ1v) is 5.95. The molecule has 86 valence electrons. The first-order chi connectivity index (χ1) is 7.63. The number of nitrogens with zero attached hydrogens (tertiary/aromatic N) is 1. The van der Waals surface area contributed by atoms with Crippen molar-refractivity contribution in [2.45, 2.75) is 6.42 Å². The van der Waals surface area contributed by atoms with Gasteiger partial charge in [0.1, 0.15) is 0 Å². The summed E-state index contributed by atoms with van der Waals surface area (Å²) in [4.78, 5) is 13.4. The number of para-hydroxylation sites is 1. The molecule has 1 aromatic carbocycles. The number of benzene rings is 1. The summed E-state index contributed by atoms with van der Waals surface area (Å²) in [7, 11) is 0. The molecule has 1 atom stereocenters. The molecule has 0 aliphatic carbocycles. The van der Waals surface area contributed by atoms with Gasteiger partial charge in [-0.15, -0.1) is 11.6 Å². The zero-order chi connectivity index (χ0) is 11.7. The Hall–Kier alpha value is -0.930. The van der Waals surface area contributed by atoms with Crippen molar-refractivity contribution in [1.29, 1.82) is 0 Å². The van der Waals surface area contributed by atoms with Gasteiger partial charge < -0.3 is 10.6 Å². The van der Waals surface area contributed by atoms with Crippen LogP contribution in [-0.2, 0) is 4.79 Å². The van der Waals surface area contributed by atoms with Gasteiger partial charge in [-0.3, -0.25) is 4.79 Å². The van der Waals surface area contributed by atoms with Crippen molar-refractivity contribution >= 4 is 40.5 Å². The first-order valence-electron chi connectivity index (χ1n) is 5.03. The van der Waals surface area contributed by atoms with Gasteiger partial charge >= 0.3 is 0 Å². The fourth-order valence-electron chi connectivity index (χ4n) is 1.88. The van der Waals surface area contributed by atoms with Crippen molar-refractivity contribution in [3.63, 3.8) is 0 Å². The van der Waals surface area contributed by atoms with Crippen molar-refractivity contribution in [1.82, 2.24) is 0 Å². The highest BCUT2D eigenvalue weighted by Gasteiger charge is 2.31. The molecule has 1 aromatic rings. The molecule has 1 unspecified atom stereocenters. The summed E-state index contributed by atoms with van der Waals surface area (Å²) in [5.74, 6) is 0.745. The smallest absolute Gasteiger partial charge is 0.227 e. The molecular formula is C11H12Cl2N2O. The van der Waals surface area contributed by atoms with E-state index in [9.17, 15) is 4.79 Å². The zero-order valence-electron chi connectivity index (χ0n) is 8.62. The van der Waals surface area contributed by atoms with Crippen LogP contribution in [0.1, 0.15) is 6.42 Å². The monoisotopic (exact) mass is 258 g/mol. The topological polar surface area (TPSA) is 46.3 Å². The summed E-state index contributed by atoms with van der Waals surface area (Å²) < 4.78 is 0. The number of alkyl halides is 1. The predicted molar refractivity (Wildman–Crippen MR) is 67.0 cm³/mol. The number of amides is 1. The Labute approximate surface area is 104 Å². The van der Waals surface area contributed by atoms with E-state index in [4.69, 9.17) is 28.9 Å². The van der Waals surface area contributed by atoms with Gasteiger partial charge in [-0.1, -0.05) is 17.7 Å². The van der Waals surface area contributed by atoms with Crippen LogP contribution < -0.4 is 10.6 Å². The Morgan fingerprint density at radius 3 is 2.88 bits per heavy atom. The highest BCUT2D eigenvalue weighted by atomic mass is 35.5. The lowest BCUT2D eigenvalue weighted by Crippen LogP contribution is -2.25. The second kappa shape index (κ2) is 4.52. The maximum absolute atomic E-state index is 11.8. The molecule has 16 heavy (non-hydrogen) atoms. The lowest BCUT2D eigenvalue weighted by molar-refractivity contribution is -0.117. The van der Waals surface area contributed by atoms with Crippen molar-refractivity contribution in [3.05, 3.63) is 23.2 Å². The third kappa shape index (κ3) is 1.97.